The van der Waals surface area contributed by atoms with Gasteiger partial charge in [-0.2, -0.15) is 0 Å². The smallest absolute Gasteiger partial charge is 0.306 e. The van der Waals surface area contributed by atoms with E-state index < -0.39 is 26.5 Å². The molecule has 0 aromatic heterocycles. The number of quaternary nitrogens is 1. The molecule has 0 heterocycles. The van der Waals surface area contributed by atoms with Crippen LogP contribution in [0, 0.1) is 0 Å². The van der Waals surface area contributed by atoms with Crippen molar-refractivity contribution in [2.24, 2.45) is 0 Å². The number of carbonyl (C=O) groups is 2. The third kappa shape index (κ3) is 44.1. The Bertz CT molecular complexity index is 1040. The highest BCUT2D eigenvalue weighted by Crippen LogP contribution is 2.38. The predicted octanol–water partition coefficient (Wildman–Crippen LogP) is 13.3. The summed E-state index contributed by atoms with van der Waals surface area (Å²) in [7, 11) is 1.16. The van der Waals surface area contributed by atoms with Crippen LogP contribution in [0.25, 0.3) is 0 Å². The van der Waals surface area contributed by atoms with Crippen molar-refractivity contribution in [1.82, 2.24) is 0 Å². The number of nitrogens with zero attached hydrogens (tertiary/aromatic N) is 1. The zero-order chi connectivity index (χ0) is 42.8. The zero-order valence-corrected chi connectivity index (χ0v) is 39.4. The Morgan fingerprint density at radius 1 is 0.534 bits per heavy atom. The molecule has 0 amide bonds. The van der Waals surface area contributed by atoms with Crippen LogP contribution in [0.3, 0.4) is 0 Å². The molecular formula is C48H92NO8P. The molecule has 0 saturated carbocycles. The van der Waals surface area contributed by atoms with Crippen LogP contribution < -0.4 is 4.89 Å². The highest BCUT2D eigenvalue weighted by atomic mass is 31.2. The topological polar surface area (TPSA) is 111 Å². The molecule has 0 aliphatic carbocycles. The molecule has 0 rings (SSSR count). The van der Waals surface area contributed by atoms with Crippen molar-refractivity contribution in [3.63, 3.8) is 0 Å². The van der Waals surface area contributed by atoms with Gasteiger partial charge < -0.3 is 27.9 Å². The molecule has 0 bridgehead atoms. The Morgan fingerprint density at radius 2 is 0.931 bits per heavy atom. The molecule has 9 nitrogen and oxygen atoms in total. The van der Waals surface area contributed by atoms with Crippen molar-refractivity contribution >= 4 is 19.8 Å². The van der Waals surface area contributed by atoms with Gasteiger partial charge in [-0.05, 0) is 44.9 Å². The van der Waals surface area contributed by atoms with Gasteiger partial charge in [0.25, 0.3) is 7.82 Å². The minimum Gasteiger partial charge on any atom is -0.756 e. The number of allylic oxidation sites excluding steroid dienone is 4. The van der Waals surface area contributed by atoms with E-state index in [0.717, 1.165) is 57.8 Å². The summed E-state index contributed by atoms with van der Waals surface area (Å²) in [5.74, 6) is -0.840. The standard InChI is InChI=1S/C48H92NO8P/c1-6-8-10-12-14-16-18-20-22-24-25-27-28-30-32-34-36-38-40-47(50)54-44-46(45-56-58(52,53)55-43-42-49(3,4)5)57-48(51)41-39-37-35-33-31-29-26-23-21-19-17-15-13-11-9-7-2/h17,19,23,26,46H,6-16,18,20-22,24-25,27-45H2,1-5H3/b19-17-,26-23-. The second kappa shape index (κ2) is 40.9. The van der Waals surface area contributed by atoms with Gasteiger partial charge in [0, 0.05) is 12.8 Å². The number of hydrogen-bond donors (Lipinski definition) is 0. The summed E-state index contributed by atoms with van der Waals surface area (Å²) < 4.78 is 34.0. The van der Waals surface area contributed by atoms with E-state index in [1.807, 2.05) is 21.1 Å². The summed E-state index contributed by atoms with van der Waals surface area (Å²) in [5.41, 5.74) is 0. The summed E-state index contributed by atoms with van der Waals surface area (Å²) >= 11 is 0. The Hall–Kier alpha value is -1.51. The summed E-state index contributed by atoms with van der Waals surface area (Å²) in [6.45, 7) is 4.22. The maximum Gasteiger partial charge on any atom is 0.306 e. The minimum atomic E-state index is -4.63. The molecule has 342 valence electrons. The van der Waals surface area contributed by atoms with Crippen LogP contribution in [0.1, 0.15) is 219 Å². The Labute approximate surface area is 358 Å². The lowest BCUT2D eigenvalue weighted by molar-refractivity contribution is -0.870. The molecule has 0 radical (unpaired) electrons. The summed E-state index contributed by atoms with van der Waals surface area (Å²) in [5, 5.41) is 0. The number of unbranched alkanes of at least 4 members (excludes halogenated alkanes) is 26. The highest BCUT2D eigenvalue weighted by molar-refractivity contribution is 7.45. The third-order valence-electron chi connectivity index (χ3n) is 10.5. The molecule has 0 aliphatic heterocycles. The maximum atomic E-state index is 12.7. The Balaban J connectivity index is 4.29. The SMILES string of the molecule is CCCCCC/C=C\C/C=C\CCCCCCCC(=O)OC(COC(=O)CCCCCCCCCCCCCCCCCCCC)COP(=O)([O-])OCC[N+](C)(C)C. The second-order valence-electron chi connectivity index (χ2n) is 17.5. The molecule has 2 atom stereocenters. The highest BCUT2D eigenvalue weighted by Gasteiger charge is 2.21. The van der Waals surface area contributed by atoms with Crippen LogP contribution in [0.5, 0.6) is 0 Å². The number of carbonyl (C=O) groups excluding carboxylic acids is 2. The summed E-state index contributed by atoms with van der Waals surface area (Å²) in [6.07, 6.45) is 44.8. The average molecular weight is 842 g/mol. The van der Waals surface area contributed by atoms with Crippen molar-refractivity contribution in [2.75, 3.05) is 47.5 Å². The van der Waals surface area contributed by atoms with E-state index >= 15 is 0 Å². The van der Waals surface area contributed by atoms with Gasteiger partial charge in [-0.15, -0.1) is 0 Å². The first-order valence-electron chi connectivity index (χ1n) is 24.0. The van der Waals surface area contributed by atoms with Crippen molar-refractivity contribution in [3.8, 4) is 0 Å². The lowest BCUT2D eigenvalue weighted by Crippen LogP contribution is -2.37. The van der Waals surface area contributed by atoms with Crippen molar-refractivity contribution in [1.29, 1.82) is 0 Å². The maximum absolute atomic E-state index is 12.7. The van der Waals surface area contributed by atoms with E-state index in [4.69, 9.17) is 18.5 Å². The first-order valence-corrected chi connectivity index (χ1v) is 25.5. The Morgan fingerprint density at radius 3 is 1.38 bits per heavy atom. The molecule has 0 aromatic rings. The molecule has 0 N–H and O–H groups in total. The van der Waals surface area contributed by atoms with Crippen LogP contribution in [0.15, 0.2) is 24.3 Å². The van der Waals surface area contributed by atoms with Crippen molar-refractivity contribution < 1.29 is 42.1 Å². The first-order chi connectivity index (χ1) is 28.0. The van der Waals surface area contributed by atoms with E-state index in [1.165, 1.54) is 128 Å². The van der Waals surface area contributed by atoms with Gasteiger partial charge in [0.2, 0.25) is 0 Å². The zero-order valence-electron chi connectivity index (χ0n) is 38.5. The van der Waals surface area contributed by atoms with E-state index in [1.54, 1.807) is 0 Å². The fourth-order valence-corrected chi connectivity index (χ4v) is 7.41. The number of hydrogen-bond acceptors (Lipinski definition) is 8. The molecule has 0 aromatic carbocycles. The van der Waals surface area contributed by atoms with E-state index in [0.29, 0.717) is 17.4 Å². The number of ether oxygens (including phenoxy) is 2. The van der Waals surface area contributed by atoms with Crippen LogP contribution >= 0.6 is 7.82 Å². The number of phosphoric ester groups is 1. The van der Waals surface area contributed by atoms with Crippen LogP contribution in [-0.4, -0.2) is 70.0 Å². The van der Waals surface area contributed by atoms with Crippen LogP contribution in [0.2, 0.25) is 0 Å². The van der Waals surface area contributed by atoms with Crippen LogP contribution in [-0.2, 0) is 32.7 Å². The van der Waals surface area contributed by atoms with Gasteiger partial charge in [0.05, 0.1) is 27.7 Å². The van der Waals surface area contributed by atoms with Gasteiger partial charge in [0.1, 0.15) is 19.8 Å². The molecule has 0 aliphatic rings. The van der Waals surface area contributed by atoms with Crippen molar-refractivity contribution in [2.45, 2.75) is 225 Å². The number of rotatable bonds is 44. The van der Waals surface area contributed by atoms with Crippen molar-refractivity contribution in [3.05, 3.63) is 24.3 Å². The monoisotopic (exact) mass is 842 g/mol. The molecular weight excluding hydrogens is 750 g/mol. The quantitative estimate of drug-likeness (QED) is 0.0196. The fourth-order valence-electron chi connectivity index (χ4n) is 6.69. The largest absolute Gasteiger partial charge is 0.756 e. The van der Waals surface area contributed by atoms with E-state index in [9.17, 15) is 19.0 Å². The Kier molecular flexibility index (Phi) is 39.8. The molecule has 2 unspecified atom stereocenters. The number of phosphoric acid groups is 1. The molecule has 10 heteroatoms. The lowest BCUT2D eigenvalue weighted by Gasteiger charge is -2.28. The minimum absolute atomic E-state index is 0.0317. The second-order valence-corrected chi connectivity index (χ2v) is 18.9. The van der Waals surface area contributed by atoms with Crippen LogP contribution in [0.4, 0.5) is 0 Å². The lowest BCUT2D eigenvalue weighted by atomic mass is 10.0. The average Bonchev–Trinajstić information content (AvgIpc) is 3.17. The van der Waals surface area contributed by atoms with E-state index in [2.05, 4.69) is 38.2 Å². The molecule has 0 spiro atoms. The molecule has 0 saturated heterocycles. The fraction of sp³-hybridized carbons (Fsp3) is 0.875. The summed E-state index contributed by atoms with van der Waals surface area (Å²) in [6, 6.07) is 0. The first kappa shape index (κ1) is 56.5. The third-order valence-corrected chi connectivity index (χ3v) is 11.4. The van der Waals surface area contributed by atoms with E-state index in [-0.39, 0.29) is 32.0 Å². The normalized spacial score (nSPS) is 13.7. The molecule has 0 fully saturated rings. The van der Waals surface area contributed by atoms with Gasteiger partial charge in [-0.25, -0.2) is 0 Å². The van der Waals surface area contributed by atoms with Gasteiger partial charge in [0.15, 0.2) is 6.10 Å². The number of likely N-dealkylation sites (N-methyl/N-ethyl adjacent to an activating group) is 1. The van der Waals surface area contributed by atoms with Gasteiger partial charge >= 0.3 is 11.9 Å². The van der Waals surface area contributed by atoms with Gasteiger partial charge in [-0.3, -0.25) is 14.2 Å². The predicted molar refractivity (Wildman–Crippen MR) is 241 cm³/mol. The summed E-state index contributed by atoms with van der Waals surface area (Å²) in [4.78, 5) is 37.6. The van der Waals surface area contributed by atoms with Gasteiger partial charge in [-0.1, -0.05) is 186 Å². The number of esters is 2. The molecule has 58 heavy (non-hydrogen) atoms.